The number of rotatable bonds is 3. The predicted molar refractivity (Wildman–Crippen MR) is 62.9 cm³/mol. The molecule has 8 nitrogen and oxygen atoms in total. The van der Waals surface area contributed by atoms with Crippen molar-refractivity contribution in [3.8, 4) is 11.8 Å². The van der Waals surface area contributed by atoms with Crippen molar-refractivity contribution in [3.63, 3.8) is 0 Å². The number of nitrogens with zero attached hydrogens (tertiary/aromatic N) is 2. The molecule has 8 heteroatoms. The maximum atomic E-state index is 11.3. The molecule has 0 aromatic carbocycles. The molecule has 0 heterocycles. The Morgan fingerprint density at radius 3 is 2.53 bits per heavy atom. The van der Waals surface area contributed by atoms with Crippen LogP contribution in [-0.2, 0) is 4.79 Å². The summed E-state index contributed by atoms with van der Waals surface area (Å²) < 4.78 is 0. The average molecular weight is 266 g/mol. The van der Waals surface area contributed by atoms with Crippen LogP contribution in [0.1, 0.15) is 19.8 Å². The number of carboxylic acid groups (broad SMARTS) is 1. The molecule has 0 bridgehead atoms. The highest BCUT2D eigenvalue weighted by Crippen LogP contribution is 2.34. The molecule has 0 aromatic rings. The normalized spacial score (nSPS) is 21.5. The first kappa shape index (κ1) is 14.4. The van der Waals surface area contributed by atoms with Gasteiger partial charge in [-0.05, 0) is 0 Å². The molecule has 100 valence electrons. The summed E-state index contributed by atoms with van der Waals surface area (Å²) in [6, 6.07) is 0. The number of allylic oxidation sites excluding steroid dienone is 2. The predicted octanol–water partition coefficient (Wildman–Crippen LogP) is 1.20. The summed E-state index contributed by atoms with van der Waals surface area (Å²) in [5.74, 6) is 3.45. The molecule has 1 aliphatic carbocycles. The molecule has 0 saturated heterocycles. The summed E-state index contributed by atoms with van der Waals surface area (Å²) in [5, 5.41) is 30.7. The van der Waals surface area contributed by atoms with Crippen molar-refractivity contribution < 1.29 is 19.7 Å². The Kier molecular flexibility index (Phi) is 4.01. The first-order valence-corrected chi connectivity index (χ1v) is 5.28. The van der Waals surface area contributed by atoms with Gasteiger partial charge in [0.1, 0.15) is 0 Å². The quantitative estimate of drug-likeness (QED) is 0.465. The number of carboxylic acids is 1. The largest absolute Gasteiger partial charge is 0.480 e. The number of hydrogen-bond donors (Lipinski definition) is 1. The lowest BCUT2D eigenvalue weighted by Crippen LogP contribution is -2.32. The lowest BCUT2D eigenvalue weighted by atomic mass is 9.80. The van der Waals surface area contributed by atoms with Crippen molar-refractivity contribution in [2.75, 3.05) is 0 Å². The van der Waals surface area contributed by atoms with Crippen molar-refractivity contribution in [1.29, 1.82) is 0 Å². The van der Waals surface area contributed by atoms with Gasteiger partial charge in [-0.25, -0.2) is 0 Å². The van der Waals surface area contributed by atoms with Crippen LogP contribution in [0.15, 0.2) is 23.5 Å². The van der Waals surface area contributed by atoms with Crippen molar-refractivity contribution in [2.45, 2.75) is 19.8 Å². The molecular formula is C11H10N2O6. The first-order valence-electron chi connectivity index (χ1n) is 5.28. The van der Waals surface area contributed by atoms with Crippen LogP contribution in [0.5, 0.6) is 0 Å². The fourth-order valence-corrected chi connectivity index (χ4v) is 1.59. The molecule has 0 aromatic heterocycles. The second-order valence-electron chi connectivity index (χ2n) is 3.83. The van der Waals surface area contributed by atoms with Gasteiger partial charge in [0.15, 0.2) is 5.41 Å². The van der Waals surface area contributed by atoms with E-state index in [1.807, 2.05) is 0 Å². The Bertz CT molecular complexity index is 565. The van der Waals surface area contributed by atoms with Crippen molar-refractivity contribution in [1.82, 2.24) is 0 Å². The first-order chi connectivity index (χ1) is 8.82. The monoisotopic (exact) mass is 266 g/mol. The van der Waals surface area contributed by atoms with Crippen LogP contribution in [0.4, 0.5) is 0 Å². The van der Waals surface area contributed by atoms with E-state index in [9.17, 15) is 30.1 Å². The second kappa shape index (κ2) is 5.30. The Balaban J connectivity index is 3.42. The standard InChI is InChI=1S/C11H10N2O6/c1-2-3-4-11(10(14)15)6-8(12(16)17)5-9(7-11)13(18)19/h5-6H,2,7H2,1H3,(H,14,15). The minimum Gasteiger partial charge on any atom is -0.480 e. The Labute approximate surface area is 107 Å². The van der Waals surface area contributed by atoms with E-state index in [0.29, 0.717) is 6.42 Å². The van der Waals surface area contributed by atoms with E-state index < -0.39 is 39.0 Å². The molecule has 1 aliphatic rings. The molecule has 19 heavy (non-hydrogen) atoms. The lowest BCUT2D eigenvalue weighted by Gasteiger charge is -2.20. The van der Waals surface area contributed by atoms with Crippen LogP contribution in [0.25, 0.3) is 0 Å². The van der Waals surface area contributed by atoms with Gasteiger partial charge in [0.2, 0.25) is 0 Å². The molecule has 0 aliphatic heterocycles. The maximum absolute atomic E-state index is 11.3. The highest BCUT2D eigenvalue weighted by Gasteiger charge is 2.44. The van der Waals surface area contributed by atoms with Gasteiger partial charge < -0.3 is 5.11 Å². The zero-order valence-corrected chi connectivity index (χ0v) is 9.95. The van der Waals surface area contributed by atoms with Gasteiger partial charge in [-0.15, -0.1) is 5.92 Å². The van der Waals surface area contributed by atoms with Crippen LogP contribution in [0.2, 0.25) is 0 Å². The van der Waals surface area contributed by atoms with Gasteiger partial charge in [-0.3, -0.25) is 25.0 Å². The van der Waals surface area contributed by atoms with Crippen molar-refractivity contribution >= 4 is 5.97 Å². The van der Waals surface area contributed by atoms with Gasteiger partial charge in [0.25, 0.3) is 11.4 Å². The molecular weight excluding hydrogens is 256 g/mol. The molecule has 1 rings (SSSR count). The average Bonchev–Trinajstić information content (AvgIpc) is 2.35. The van der Waals surface area contributed by atoms with E-state index in [4.69, 9.17) is 0 Å². The summed E-state index contributed by atoms with van der Waals surface area (Å²) in [6.45, 7) is 1.67. The summed E-state index contributed by atoms with van der Waals surface area (Å²) in [7, 11) is 0. The summed E-state index contributed by atoms with van der Waals surface area (Å²) in [6.07, 6.45) is 1.45. The summed E-state index contributed by atoms with van der Waals surface area (Å²) in [5.41, 5.74) is -3.09. The van der Waals surface area contributed by atoms with Crippen LogP contribution in [0, 0.1) is 37.5 Å². The van der Waals surface area contributed by atoms with E-state index in [-0.39, 0.29) is 0 Å². The second-order valence-corrected chi connectivity index (χ2v) is 3.83. The van der Waals surface area contributed by atoms with Gasteiger partial charge in [-0.1, -0.05) is 12.8 Å². The van der Waals surface area contributed by atoms with Crippen LogP contribution < -0.4 is 0 Å². The number of aliphatic carboxylic acids is 1. The number of carbonyl (C=O) groups is 1. The van der Waals surface area contributed by atoms with E-state index in [1.54, 1.807) is 6.92 Å². The minimum absolute atomic E-state index is 0.341. The Hall–Kier alpha value is -2.69. The van der Waals surface area contributed by atoms with E-state index in [0.717, 1.165) is 12.2 Å². The molecule has 0 spiro atoms. The Morgan fingerprint density at radius 2 is 2.11 bits per heavy atom. The van der Waals surface area contributed by atoms with Crippen LogP contribution >= 0.6 is 0 Å². The zero-order valence-electron chi connectivity index (χ0n) is 9.95. The third kappa shape index (κ3) is 2.95. The summed E-state index contributed by atoms with van der Waals surface area (Å²) >= 11 is 0. The van der Waals surface area contributed by atoms with Crippen LogP contribution in [-0.4, -0.2) is 20.9 Å². The minimum atomic E-state index is -1.92. The van der Waals surface area contributed by atoms with Gasteiger partial charge in [-0.2, -0.15) is 0 Å². The van der Waals surface area contributed by atoms with Crippen molar-refractivity contribution in [2.24, 2.45) is 5.41 Å². The summed E-state index contributed by atoms with van der Waals surface area (Å²) in [4.78, 5) is 31.1. The number of nitro groups is 2. The Morgan fingerprint density at radius 1 is 1.47 bits per heavy atom. The molecule has 1 atom stereocenters. The molecule has 1 unspecified atom stereocenters. The number of hydrogen-bond acceptors (Lipinski definition) is 5. The van der Waals surface area contributed by atoms with Crippen molar-refractivity contribution in [3.05, 3.63) is 43.8 Å². The highest BCUT2D eigenvalue weighted by molar-refractivity contribution is 5.82. The van der Waals surface area contributed by atoms with Gasteiger partial charge >= 0.3 is 5.97 Å². The molecule has 1 N–H and O–H groups in total. The third-order valence-electron chi connectivity index (χ3n) is 2.48. The maximum Gasteiger partial charge on any atom is 0.326 e. The fraction of sp³-hybridized carbons (Fsp3) is 0.364. The van der Waals surface area contributed by atoms with E-state index in [2.05, 4.69) is 11.8 Å². The molecule has 0 fully saturated rings. The highest BCUT2D eigenvalue weighted by atomic mass is 16.6. The SMILES string of the molecule is CCC#CC1(C(=O)O)C=C([N+](=O)[O-])C=C([N+](=O)[O-])C1. The lowest BCUT2D eigenvalue weighted by molar-refractivity contribution is -0.439. The smallest absolute Gasteiger partial charge is 0.326 e. The van der Waals surface area contributed by atoms with E-state index in [1.165, 1.54) is 0 Å². The zero-order chi connectivity index (χ0) is 14.6. The topological polar surface area (TPSA) is 124 Å². The third-order valence-corrected chi connectivity index (χ3v) is 2.48. The van der Waals surface area contributed by atoms with Gasteiger partial charge in [0.05, 0.1) is 22.3 Å². The molecule has 0 amide bonds. The molecule has 0 radical (unpaired) electrons. The molecule has 0 saturated carbocycles. The van der Waals surface area contributed by atoms with Crippen LogP contribution in [0.3, 0.4) is 0 Å². The fourth-order valence-electron chi connectivity index (χ4n) is 1.59. The van der Waals surface area contributed by atoms with Gasteiger partial charge in [0, 0.05) is 12.5 Å². The van der Waals surface area contributed by atoms with E-state index >= 15 is 0 Å².